The van der Waals surface area contributed by atoms with Crippen molar-refractivity contribution >= 4 is 16.0 Å². The summed E-state index contributed by atoms with van der Waals surface area (Å²) in [6.07, 6.45) is 0.249. The van der Waals surface area contributed by atoms with Gasteiger partial charge in [-0.05, 0) is 37.0 Å². The van der Waals surface area contributed by atoms with E-state index < -0.39 is 21.4 Å². The summed E-state index contributed by atoms with van der Waals surface area (Å²) < 4.78 is 27.3. The lowest BCUT2D eigenvalue weighted by molar-refractivity contribution is -0.148. The van der Waals surface area contributed by atoms with E-state index in [1.54, 1.807) is 24.3 Å². The lowest BCUT2D eigenvalue weighted by Gasteiger charge is -2.43. The maximum Gasteiger partial charge on any atom is 0.314 e. The van der Waals surface area contributed by atoms with Crippen molar-refractivity contribution in [2.45, 2.75) is 30.6 Å². The number of carboxylic acid groups (broad SMARTS) is 1. The van der Waals surface area contributed by atoms with Crippen molar-refractivity contribution in [3.63, 3.8) is 0 Å². The molecule has 1 N–H and O–H groups in total. The number of hydrogen-bond donors (Lipinski definition) is 1. The zero-order valence-corrected chi connectivity index (χ0v) is 15.7. The third-order valence-electron chi connectivity index (χ3n) is 5.40. The molecule has 6 heteroatoms. The Morgan fingerprint density at radius 2 is 1.73 bits per heavy atom. The number of carbonyl (C=O) groups is 1. The van der Waals surface area contributed by atoms with Crippen molar-refractivity contribution in [2.75, 3.05) is 13.1 Å². The zero-order valence-electron chi connectivity index (χ0n) is 14.9. The molecule has 3 rings (SSSR count). The van der Waals surface area contributed by atoms with Crippen molar-refractivity contribution < 1.29 is 18.3 Å². The molecule has 1 aliphatic heterocycles. The highest BCUT2D eigenvalue weighted by molar-refractivity contribution is 7.89. The second kappa shape index (κ2) is 6.85. The molecule has 2 aromatic carbocycles. The Hall–Kier alpha value is -2.18. The minimum atomic E-state index is -3.63. The van der Waals surface area contributed by atoms with Gasteiger partial charge < -0.3 is 5.11 Å². The first-order valence-electron chi connectivity index (χ1n) is 8.64. The summed E-state index contributed by atoms with van der Waals surface area (Å²) in [5, 5.41) is 9.98. The van der Waals surface area contributed by atoms with E-state index in [0.29, 0.717) is 0 Å². The number of hydrogen-bond acceptors (Lipinski definition) is 3. The lowest BCUT2D eigenvalue weighted by Crippen LogP contribution is -2.54. The van der Waals surface area contributed by atoms with Crippen LogP contribution in [0.25, 0.3) is 0 Å². The van der Waals surface area contributed by atoms with Crippen molar-refractivity contribution in [3.8, 4) is 0 Å². The number of carboxylic acids is 1. The van der Waals surface area contributed by atoms with Gasteiger partial charge in [-0.3, -0.25) is 4.79 Å². The van der Waals surface area contributed by atoms with Crippen LogP contribution >= 0.6 is 0 Å². The molecule has 0 aliphatic carbocycles. The second-order valence-corrected chi connectivity index (χ2v) is 8.91. The van der Waals surface area contributed by atoms with Gasteiger partial charge in [0.1, 0.15) is 0 Å². The lowest BCUT2D eigenvalue weighted by atomic mass is 9.67. The first-order chi connectivity index (χ1) is 12.3. The third-order valence-corrected chi connectivity index (χ3v) is 7.28. The van der Waals surface area contributed by atoms with E-state index in [4.69, 9.17) is 0 Å². The maximum atomic E-state index is 12.9. The van der Waals surface area contributed by atoms with Gasteiger partial charge in [-0.25, -0.2) is 8.42 Å². The van der Waals surface area contributed by atoms with Crippen molar-refractivity contribution in [1.29, 1.82) is 0 Å². The fourth-order valence-electron chi connectivity index (χ4n) is 3.78. The van der Waals surface area contributed by atoms with E-state index in [-0.39, 0.29) is 30.3 Å². The van der Waals surface area contributed by atoms with E-state index in [1.165, 1.54) is 4.31 Å². The summed E-state index contributed by atoms with van der Waals surface area (Å²) in [6.45, 7) is 4.08. The highest BCUT2D eigenvalue weighted by Crippen LogP contribution is 2.41. The van der Waals surface area contributed by atoms with Gasteiger partial charge in [-0.15, -0.1) is 0 Å². The molecule has 2 unspecified atom stereocenters. The quantitative estimate of drug-likeness (QED) is 0.894. The van der Waals surface area contributed by atoms with Gasteiger partial charge in [0.05, 0.1) is 10.3 Å². The number of nitrogens with zero attached hydrogens (tertiary/aromatic N) is 1. The van der Waals surface area contributed by atoms with E-state index in [2.05, 4.69) is 0 Å². The second-order valence-electron chi connectivity index (χ2n) is 6.97. The van der Waals surface area contributed by atoms with Crippen LogP contribution in [0.5, 0.6) is 0 Å². The Kier molecular flexibility index (Phi) is 4.90. The van der Waals surface area contributed by atoms with Crippen molar-refractivity contribution in [3.05, 3.63) is 65.7 Å². The molecule has 0 bridgehead atoms. The van der Waals surface area contributed by atoms with Crippen LogP contribution < -0.4 is 0 Å². The molecular weight excluding hydrogens is 350 g/mol. The van der Waals surface area contributed by atoms with Crippen LogP contribution in [-0.4, -0.2) is 36.9 Å². The molecule has 0 radical (unpaired) electrons. The number of piperidine rings is 1. The SMILES string of the molecule is Cc1ccc(S(=O)(=O)N2CCC(C(=O)O)(c3ccccc3)C(C)C2)cc1. The fourth-order valence-corrected chi connectivity index (χ4v) is 5.31. The maximum absolute atomic E-state index is 12.9. The van der Waals surface area contributed by atoms with E-state index >= 15 is 0 Å². The van der Waals surface area contributed by atoms with Gasteiger partial charge in [-0.1, -0.05) is 55.0 Å². The van der Waals surface area contributed by atoms with E-state index in [1.807, 2.05) is 44.2 Å². The summed E-state index contributed by atoms with van der Waals surface area (Å²) in [5.74, 6) is -1.25. The molecule has 1 aliphatic rings. The summed E-state index contributed by atoms with van der Waals surface area (Å²) >= 11 is 0. The predicted molar refractivity (Wildman–Crippen MR) is 99.5 cm³/mol. The van der Waals surface area contributed by atoms with E-state index in [0.717, 1.165) is 11.1 Å². The minimum absolute atomic E-state index is 0.178. The van der Waals surface area contributed by atoms with Crippen molar-refractivity contribution in [1.82, 2.24) is 4.31 Å². The normalized spacial score (nSPS) is 24.3. The molecule has 1 heterocycles. The Morgan fingerprint density at radius 3 is 2.27 bits per heavy atom. The average Bonchev–Trinajstić information content (AvgIpc) is 2.62. The van der Waals surface area contributed by atoms with Crippen molar-refractivity contribution in [2.24, 2.45) is 5.92 Å². The van der Waals surface area contributed by atoms with Crippen LogP contribution in [0.1, 0.15) is 24.5 Å². The molecule has 0 amide bonds. The number of sulfonamides is 1. The number of aliphatic carboxylic acids is 1. The van der Waals surface area contributed by atoms with Crippen LogP contribution in [-0.2, 0) is 20.2 Å². The van der Waals surface area contributed by atoms with Crippen LogP contribution in [0.15, 0.2) is 59.5 Å². The zero-order chi connectivity index (χ0) is 18.9. The Bertz CT molecular complexity index is 893. The summed E-state index contributed by atoms with van der Waals surface area (Å²) in [4.78, 5) is 12.4. The number of aryl methyl sites for hydroxylation is 1. The monoisotopic (exact) mass is 373 g/mol. The van der Waals surface area contributed by atoms with Gasteiger partial charge in [0.25, 0.3) is 0 Å². The Morgan fingerprint density at radius 1 is 1.12 bits per heavy atom. The van der Waals surface area contributed by atoms with Crippen LogP contribution in [0, 0.1) is 12.8 Å². The van der Waals surface area contributed by atoms with E-state index in [9.17, 15) is 18.3 Å². The van der Waals surface area contributed by atoms with Crippen LogP contribution in [0.2, 0.25) is 0 Å². The smallest absolute Gasteiger partial charge is 0.314 e. The Balaban J connectivity index is 1.92. The predicted octanol–water partition coefficient (Wildman–Crippen LogP) is 3.05. The molecule has 2 atom stereocenters. The van der Waals surface area contributed by atoms with Gasteiger partial charge in [0.2, 0.25) is 10.0 Å². The molecule has 2 aromatic rings. The van der Waals surface area contributed by atoms with Gasteiger partial charge in [0.15, 0.2) is 0 Å². The highest BCUT2D eigenvalue weighted by atomic mass is 32.2. The highest BCUT2D eigenvalue weighted by Gasteiger charge is 2.50. The molecule has 1 fully saturated rings. The van der Waals surface area contributed by atoms with Crippen LogP contribution in [0.3, 0.4) is 0 Å². The average molecular weight is 373 g/mol. The standard InChI is InChI=1S/C20H23NO4S/c1-15-8-10-18(11-9-15)26(24,25)21-13-12-20(19(22)23,16(2)14-21)17-6-4-3-5-7-17/h3-11,16H,12-14H2,1-2H3,(H,22,23). The molecule has 0 spiro atoms. The summed E-state index contributed by atoms with van der Waals surface area (Å²) in [5.41, 5.74) is 0.651. The summed E-state index contributed by atoms with van der Waals surface area (Å²) in [7, 11) is -3.63. The summed E-state index contributed by atoms with van der Waals surface area (Å²) in [6, 6.07) is 15.9. The molecule has 0 saturated carbocycles. The molecule has 1 saturated heterocycles. The first-order valence-corrected chi connectivity index (χ1v) is 10.1. The van der Waals surface area contributed by atoms with Gasteiger partial charge >= 0.3 is 5.97 Å². The number of benzene rings is 2. The van der Waals surface area contributed by atoms with Crippen LogP contribution in [0.4, 0.5) is 0 Å². The third kappa shape index (κ3) is 3.04. The molecular formula is C20H23NO4S. The molecule has 0 aromatic heterocycles. The largest absolute Gasteiger partial charge is 0.481 e. The Labute approximate surface area is 154 Å². The fraction of sp³-hybridized carbons (Fsp3) is 0.350. The molecule has 26 heavy (non-hydrogen) atoms. The molecule has 138 valence electrons. The van der Waals surface area contributed by atoms with Gasteiger partial charge in [-0.2, -0.15) is 4.31 Å². The number of rotatable bonds is 4. The first kappa shape index (κ1) is 18.6. The van der Waals surface area contributed by atoms with Gasteiger partial charge in [0, 0.05) is 13.1 Å². The topological polar surface area (TPSA) is 74.7 Å². The molecule has 5 nitrogen and oxygen atoms in total. The minimum Gasteiger partial charge on any atom is -0.481 e.